The van der Waals surface area contributed by atoms with Crippen LogP contribution in [0.3, 0.4) is 0 Å². The second-order valence-electron chi connectivity index (χ2n) is 5.27. The first kappa shape index (κ1) is 12.2. The summed E-state index contributed by atoms with van der Waals surface area (Å²) in [7, 11) is 0. The van der Waals surface area contributed by atoms with Crippen LogP contribution in [-0.2, 0) is 4.79 Å². The Hall–Kier alpha value is -1.31. The summed E-state index contributed by atoms with van der Waals surface area (Å²) >= 11 is 0. The zero-order valence-electron chi connectivity index (χ0n) is 10.7. The van der Waals surface area contributed by atoms with E-state index >= 15 is 0 Å². The lowest BCUT2D eigenvalue weighted by atomic mass is 9.82. The minimum Gasteiger partial charge on any atom is -0.326 e. The molecule has 1 fully saturated rings. The molecule has 0 spiro atoms. The van der Waals surface area contributed by atoms with Crippen molar-refractivity contribution in [3.63, 3.8) is 0 Å². The molecule has 1 aromatic rings. The molecule has 1 N–H and O–H groups in total. The molecule has 92 valence electrons. The molecule has 2 heteroatoms. The molecule has 2 nitrogen and oxygen atoms in total. The summed E-state index contributed by atoms with van der Waals surface area (Å²) in [4.78, 5) is 12.2. The highest BCUT2D eigenvalue weighted by Crippen LogP contribution is 2.29. The summed E-state index contributed by atoms with van der Waals surface area (Å²) in [6.07, 6.45) is 4.54. The molecule has 0 bridgehead atoms. The topological polar surface area (TPSA) is 29.1 Å². The van der Waals surface area contributed by atoms with Crippen LogP contribution in [0.5, 0.6) is 0 Å². The number of rotatable bonds is 2. The van der Waals surface area contributed by atoms with Crippen LogP contribution in [-0.4, -0.2) is 5.91 Å². The molecule has 0 aromatic heterocycles. The SMILES string of the molecule is Cc1ccccc1NC(=O)C1CCCC(C)C1. The highest BCUT2D eigenvalue weighted by atomic mass is 16.1. The van der Waals surface area contributed by atoms with Gasteiger partial charge in [-0.3, -0.25) is 4.79 Å². The summed E-state index contributed by atoms with van der Waals surface area (Å²) in [6, 6.07) is 7.96. The van der Waals surface area contributed by atoms with Crippen LogP contribution >= 0.6 is 0 Å². The molecule has 0 aliphatic heterocycles. The Morgan fingerprint density at radius 2 is 2.06 bits per heavy atom. The summed E-state index contributed by atoms with van der Waals surface area (Å²) in [6.45, 7) is 4.27. The van der Waals surface area contributed by atoms with Gasteiger partial charge in [-0.15, -0.1) is 0 Å². The van der Waals surface area contributed by atoms with E-state index in [0.717, 1.165) is 24.1 Å². The minimum atomic E-state index is 0.200. The Kier molecular flexibility index (Phi) is 3.82. The lowest BCUT2D eigenvalue weighted by Gasteiger charge is -2.26. The van der Waals surface area contributed by atoms with Crippen LogP contribution in [0.15, 0.2) is 24.3 Å². The van der Waals surface area contributed by atoms with Gasteiger partial charge < -0.3 is 5.32 Å². The van der Waals surface area contributed by atoms with E-state index in [4.69, 9.17) is 0 Å². The van der Waals surface area contributed by atoms with Crippen molar-refractivity contribution in [1.82, 2.24) is 0 Å². The first-order valence-corrected chi connectivity index (χ1v) is 6.53. The number of amides is 1. The number of para-hydroxylation sites is 1. The predicted octanol–water partition coefficient (Wildman–Crippen LogP) is 3.76. The van der Waals surface area contributed by atoms with Gasteiger partial charge >= 0.3 is 0 Å². The van der Waals surface area contributed by atoms with Crippen molar-refractivity contribution in [2.75, 3.05) is 5.32 Å². The molecule has 0 radical (unpaired) electrons. The Morgan fingerprint density at radius 3 is 2.76 bits per heavy atom. The van der Waals surface area contributed by atoms with E-state index in [-0.39, 0.29) is 11.8 Å². The van der Waals surface area contributed by atoms with Crippen molar-refractivity contribution >= 4 is 11.6 Å². The third-order valence-corrected chi connectivity index (χ3v) is 3.71. The van der Waals surface area contributed by atoms with Crippen molar-refractivity contribution in [1.29, 1.82) is 0 Å². The van der Waals surface area contributed by atoms with Crippen molar-refractivity contribution < 1.29 is 4.79 Å². The van der Waals surface area contributed by atoms with Crippen LogP contribution in [0.4, 0.5) is 5.69 Å². The van der Waals surface area contributed by atoms with Crippen LogP contribution in [0.2, 0.25) is 0 Å². The van der Waals surface area contributed by atoms with Crippen molar-refractivity contribution in [2.45, 2.75) is 39.5 Å². The maximum absolute atomic E-state index is 12.2. The Morgan fingerprint density at radius 1 is 1.29 bits per heavy atom. The third-order valence-electron chi connectivity index (χ3n) is 3.71. The summed E-state index contributed by atoms with van der Waals surface area (Å²) in [5.41, 5.74) is 2.08. The molecule has 2 rings (SSSR count). The van der Waals surface area contributed by atoms with E-state index < -0.39 is 0 Å². The van der Waals surface area contributed by atoms with Gasteiger partial charge in [-0.05, 0) is 37.3 Å². The van der Waals surface area contributed by atoms with E-state index in [1.165, 1.54) is 12.8 Å². The zero-order chi connectivity index (χ0) is 12.3. The molecule has 2 atom stereocenters. The van der Waals surface area contributed by atoms with Gasteiger partial charge in [-0.25, -0.2) is 0 Å². The van der Waals surface area contributed by atoms with E-state index in [2.05, 4.69) is 12.2 Å². The van der Waals surface area contributed by atoms with E-state index in [1.54, 1.807) is 0 Å². The van der Waals surface area contributed by atoms with Gasteiger partial charge in [0.2, 0.25) is 5.91 Å². The second-order valence-corrected chi connectivity index (χ2v) is 5.27. The number of benzene rings is 1. The zero-order valence-corrected chi connectivity index (χ0v) is 10.7. The maximum Gasteiger partial charge on any atom is 0.227 e. The third kappa shape index (κ3) is 3.09. The number of carbonyl (C=O) groups is 1. The fourth-order valence-electron chi connectivity index (χ4n) is 2.62. The summed E-state index contributed by atoms with van der Waals surface area (Å²) in [5.74, 6) is 1.10. The van der Waals surface area contributed by atoms with E-state index in [0.29, 0.717) is 5.92 Å². The number of carbonyl (C=O) groups excluding carboxylic acids is 1. The maximum atomic E-state index is 12.2. The summed E-state index contributed by atoms with van der Waals surface area (Å²) < 4.78 is 0. The normalized spacial score (nSPS) is 24.4. The van der Waals surface area contributed by atoms with Crippen molar-refractivity contribution in [3.05, 3.63) is 29.8 Å². The Labute approximate surface area is 103 Å². The monoisotopic (exact) mass is 231 g/mol. The smallest absolute Gasteiger partial charge is 0.227 e. The number of nitrogens with one attached hydrogen (secondary N) is 1. The molecule has 1 amide bonds. The molecule has 1 saturated carbocycles. The molecule has 2 unspecified atom stereocenters. The van der Waals surface area contributed by atoms with Gasteiger partial charge in [0.25, 0.3) is 0 Å². The fraction of sp³-hybridized carbons (Fsp3) is 0.533. The fourth-order valence-corrected chi connectivity index (χ4v) is 2.62. The molecule has 0 saturated heterocycles. The quantitative estimate of drug-likeness (QED) is 0.825. The van der Waals surface area contributed by atoms with Gasteiger partial charge in [-0.1, -0.05) is 38.0 Å². The molecule has 0 heterocycles. The van der Waals surface area contributed by atoms with Crippen molar-refractivity contribution in [3.8, 4) is 0 Å². The molecule has 1 aliphatic carbocycles. The number of hydrogen-bond acceptors (Lipinski definition) is 1. The molecule has 17 heavy (non-hydrogen) atoms. The number of hydrogen-bond donors (Lipinski definition) is 1. The van der Waals surface area contributed by atoms with Gasteiger partial charge in [0.05, 0.1) is 0 Å². The van der Waals surface area contributed by atoms with Gasteiger partial charge in [0.15, 0.2) is 0 Å². The lowest BCUT2D eigenvalue weighted by Crippen LogP contribution is -2.27. The lowest BCUT2D eigenvalue weighted by molar-refractivity contribution is -0.121. The molecule has 1 aromatic carbocycles. The number of anilines is 1. The van der Waals surface area contributed by atoms with Crippen LogP contribution in [0.1, 0.15) is 38.2 Å². The molecular weight excluding hydrogens is 210 g/mol. The summed E-state index contributed by atoms with van der Waals surface area (Å²) in [5, 5.41) is 3.06. The second kappa shape index (κ2) is 5.35. The highest BCUT2D eigenvalue weighted by Gasteiger charge is 2.25. The minimum absolute atomic E-state index is 0.200. The van der Waals surface area contributed by atoms with Crippen LogP contribution in [0.25, 0.3) is 0 Å². The van der Waals surface area contributed by atoms with Gasteiger partial charge in [-0.2, -0.15) is 0 Å². The number of aryl methyl sites for hydroxylation is 1. The van der Waals surface area contributed by atoms with Crippen LogP contribution < -0.4 is 5.32 Å². The van der Waals surface area contributed by atoms with Gasteiger partial charge in [0.1, 0.15) is 0 Å². The Bertz CT molecular complexity index is 400. The van der Waals surface area contributed by atoms with E-state index in [9.17, 15) is 4.79 Å². The largest absolute Gasteiger partial charge is 0.326 e. The van der Waals surface area contributed by atoms with Crippen molar-refractivity contribution in [2.24, 2.45) is 11.8 Å². The highest BCUT2D eigenvalue weighted by molar-refractivity contribution is 5.93. The Balaban J connectivity index is 1.99. The predicted molar refractivity (Wildman–Crippen MR) is 70.9 cm³/mol. The first-order chi connectivity index (χ1) is 8.16. The average molecular weight is 231 g/mol. The van der Waals surface area contributed by atoms with E-state index in [1.807, 2.05) is 31.2 Å². The standard InChI is InChI=1S/C15H21NO/c1-11-6-5-8-13(10-11)15(17)16-14-9-4-3-7-12(14)2/h3-4,7,9,11,13H,5-6,8,10H2,1-2H3,(H,16,17). The van der Waals surface area contributed by atoms with Gasteiger partial charge in [0, 0.05) is 11.6 Å². The molecule has 1 aliphatic rings. The van der Waals surface area contributed by atoms with Crippen LogP contribution in [0, 0.1) is 18.8 Å². The molecular formula is C15H21NO. The average Bonchev–Trinajstić information content (AvgIpc) is 2.32. The first-order valence-electron chi connectivity index (χ1n) is 6.53.